The van der Waals surface area contributed by atoms with E-state index in [2.05, 4.69) is 4.74 Å². The van der Waals surface area contributed by atoms with Crippen molar-refractivity contribution in [2.24, 2.45) is 0 Å². The standard InChI is InChI=1S/C12H7ClO6/c1-18-12(17)7-4-9(14)19-10-6(7)2-5(11(15)16)3-8(10)13/h2-4H,1H3,(H,15,16). The highest BCUT2D eigenvalue weighted by Gasteiger charge is 2.18. The van der Waals surface area contributed by atoms with Crippen LogP contribution in [0.5, 0.6) is 0 Å². The van der Waals surface area contributed by atoms with Crippen LogP contribution in [0.1, 0.15) is 20.7 Å². The molecular weight excluding hydrogens is 276 g/mol. The predicted octanol–water partition coefficient (Wildman–Crippen LogP) is 1.93. The number of esters is 1. The molecular formula is C12H7ClO6. The number of hydrogen-bond acceptors (Lipinski definition) is 5. The molecule has 7 heteroatoms. The maximum absolute atomic E-state index is 11.6. The Kier molecular flexibility index (Phi) is 3.26. The van der Waals surface area contributed by atoms with Crippen LogP contribution < -0.4 is 5.63 Å². The Balaban J connectivity index is 2.91. The van der Waals surface area contributed by atoms with Gasteiger partial charge in [0.1, 0.15) is 0 Å². The van der Waals surface area contributed by atoms with Gasteiger partial charge in [-0.1, -0.05) is 11.6 Å². The van der Waals surface area contributed by atoms with Gasteiger partial charge in [0.05, 0.1) is 23.3 Å². The van der Waals surface area contributed by atoms with Gasteiger partial charge in [0.15, 0.2) is 5.58 Å². The summed E-state index contributed by atoms with van der Waals surface area (Å²) in [6, 6.07) is 3.26. The van der Waals surface area contributed by atoms with Gasteiger partial charge in [-0.3, -0.25) is 0 Å². The lowest BCUT2D eigenvalue weighted by molar-refractivity contribution is 0.0600. The molecule has 2 rings (SSSR count). The van der Waals surface area contributed by atoms with Gasteiger partial charge in [-0.05, 0) is 12.1 Å². The zero-order chi connectivity index (χ0) is 14.2. The number of fused-ring (bicyclic) bond motifs is 1. The Morgan fingerprint density at radius 3 is 2.58 bits per heavy atom. The molecule has 2 aromatic rings. The number of carboxylic acid groups (broad SMARTS) is 1. The van der Waals surface area contributed by atoms with Crippen molar-refractivity contribution in [2.45, 2.75) is 0 Å². The van der Waals surface area contributed by atoms with Crippen molar-refractivity contribution >= 4 is 34.5 Å². The first-order chi connectivity index (χ1) is 8.93. The van der Waals surface area contributed by atoms with Crippen molar-refractivity contribution in [1.29, 1.82) is 0 Å². The summed E-state index contributed by atoms with van der Waals surface area (Å²) in [7, 11) is 1.14. The lowest BCUT2D eigenvalue weighted by atomic mass is 10.1. The SMILES string of the molecule is COC(=O)c1cc(=O)oc2c(Cl)cc(C(=O)O)cc12. The minimum Gasteiger partial charge on any atom is -0.478 e. The molecule has 0 atom stereocenters. The van der Waals surface area contributed by atoms with E-state index in [1.54, 1.807) is 0 Å². The molecule has 0 amide bonds. The Hall–Kier alpha value is -2.34. The monoisotopic (exact) mass is 282 g/mol. The van der Waals surface area contributed by atoms with E-state index in [1.807, 2.05) is 0 Å². The van der Waals surface area contributed by atoms with Gasteiger partial charge in [0.2, 0.25) is 0 Å². The summed E-state index contributed by atoms with van der Waals surface area (Å²) < 4.78 is 9.40. The summed E-state index contributed by atoms with van der Waals surface area (Å²) in [6.45, 7) is 0. The van der Waals surface area contributed by atoms with Gasteiger partial charge >= 0.3 is 17.6 Å². The lowest BCUT2D eigenvalue weighted by Crippen LogP contribution is -2.09. The van der Waals surface area contributed by atoms with Crippen LogP contribution in [0.15, 0.2) is 27.4 Å². The summed E-state index contributed by atoms with van der Waals surface area (Å²) >= 11 is 5.85. The minimum atomic E-state index is -1.22. The number of methoxy groups -OCH3 is 1. The van der Waals surface area contributed by atoms with Crippen LogP contribution in [0, 0.1) is 0 Å². The van der Waals surface area contributed by atoms with Crippen LogP contribution in [0.3, 0.4) is 0 Å². The molecule has 1 aromatic carbocycles. The summed E-state index contributed by atoms with van der Waals surface area (Å²) in [5.41, 5.74) is -1.06. The van der Waals surface area contributed by atoms with Gasteiger partial charge < -0.3 is 14.3 Å². The molecule has 0 aliphatic carbocycles. The number of aromatic carboxylic acids is 1. The van der Waals surface area contributed by atoms with Crippen molar-refractivity contribution in [2.75, 3.05) is 7.11 Å². The highest BCUT2D eigenvalue weighted by atomic mass is 35.5. The average molecular weight is 283 g/mol. The molecule has 0 unspecified atom stereocenters. The maximum Gasteiger partial charge on any atom is 0.338 e. The Morgan fingerprint density at radius 2 is 2.00 bits per heavy atom. The molecule has 0 bridgehead atoms. The zero-order valence-corrected chi connectivity index (χ0v) is 10.4. The van der Waals surface area contributed by atoms with E-state index in [0.29, 0.717) is 0 Å². The fourth-order valence-corrected chi connectivity index (χ4v) is 1.88. The first-order valence-electron chi connectivity index (χ1n) is 5.03. The Labute approximate surface area is 111 Å². The summed E-state index contributed by atoms with van der Waals surface area (Å²) in [6.07, 6.45) is 0. The van der Waals surface area contributed by atoms with Crippen molar-refractivity contribution in [3.05, 3.63) is 44.8 Å². The molecule has 0 aliphatic rings. The summed E-state index contributed by atoms with van der Waals surface area (Å²) in [4.78, 5) is 33.9. The Bertz CT molecular complexity index is 746. The molecule has 6 nitrogen and oxygen atoms in total. The smallest absolute Gasteiger partial charge is 0.338 e. The molecule has 1 aromatic heterocycles. The third kappa shape index (κ3) is 2.30. The van der Waals surface area contributed by atoms with Crippen LogP contribution in [0.25, 0.3) is 11.0 Å². The number of carboxylic acids is 1. The molecule has 0 saturated heterocycles. The maximum atomic E-state index is 11.6. The number of ether oxygens (including phenoxy) is 1. The quantitative estimate of drug-likeness (QED) is 0.668. The molecule has 0 saturated carbocycles. The molecule has 0 spiro atoms. The van der Waals surface area contributed by atoms with Crippen LogP contribution in [0.4, 0.5) is 0 Å². The fraction of sp³-hybridized carbons (Fsp3) is 0.0833. The Morgan fingerprint density at radius 1 is 1.32 bits per heavy atom. The van der Waals surface area contributed by atoms with Crippen molar-refractivity contribution in [3.63, 3.8) is 0 Å². The molecule has 0 radical (unpaired) electrons. The minimum absolute atomic E-state index is 0.0560. The van der Waals surface area contributed by atoms with Crippen LogP contribution in [-0.2, 0) is 4.74 Å². The topological polar surface area (TPSA) is 93.8 Å². The molecule has 0 aliphatic heterocycles. The number of carbonyl (C=O) groups excluding carboxylic acids is 1. The number of halogens is 1. The normalized spacial score (nSPS) is 10.4. The van der Waals surface area contributed by atoms with Crippen LogP contribution in [-0.4, -0.2) is 24.2 Å². The number of carbonyl (C=O) groups is 2. The molecule has 1 heterocycles. The van der Waals surface area contributed by atoms with Crippen LogP contribution >= 0.6 is 11.6 Å². The summed E-state index contributed by atoms with van der Waals surface area (Å²) in [5.74, 6) is -2.00. The first-order valence-corrected chi connectivity index (χ1v) is 5.41. The number of benzene rings is 1. The van der Waals surface area contributed by atoms with Gasteiger partial charge in [-0.2, -0.15) is 0 Å². The number of hydrogen-bond donors (Lipinski definition) is 1. The highest BCUT2D eigenvalue weighted by Crippen LogP contribution is 2.27. The molecule has 0 fully saturated rings. The van der Waals surface area contributed by atoms with Gasteiger partial charge in [-0.15, -0.1) is 0 Å². The van der Waals surface area contributed by atoms with Crippen molar-refractivity contribution in [3.8, 4) is 0 Å². The van der Waals surface area contributed by atoms with E-state index < -0.39 is 17.6 Å². The summed E-state index contributed by atoms with van der Waals surface area (Å²) in [5, 5.41) is 8.98. The second-order valence-corrected chi connectivity index (χ2v) is 4.02. The molecule has 19 heavy (non-hydrogen) atoms. The van der Waals surface area contributed by atoms with Gasteiger partial charge in [-0.25, -0.2) is 14.4 Å². The van der Waals surface area contributed by atoms with E-state index in [-0.39, 0.29) is 27.1 Å². The predicted molar refractivity (Wildman–Crippen MR) is 65.8 cm³/mol. The van der Waals surface area contributed by atoms with E-state index in [0.717, 1.165) is 19.2 Å². The molecule has 98 valence electrons. The largest absolute Gasteiger partial charge is 0.478 e. The fourth-order valence-electron chi connectivity index (χ4n) is 1.63. The van der Waals surface area contributed by atoms with E-state index in [4.69, 9.17) is 21.1 Å². The van der Waals surface area contributed by atoms with Crippen molar-refractivity contribution in [1.82, 2.24) is 0 Å². The van der Waals surface area contributed by atoms with Crippen molar-refractivity contribution < 1.29 is 23.8 Å². The third-order valence-electron chi connectivity index (χ3n) is 2.45. The first kappa shape index (κ1) is 13.1. The van der Waals surface area contributed by atoms with E-state index in [1.165, 1.54) is 6.07 Å². The van der Waals surface area contributed by atoms with E-state index >= 15 is 0 Å². The number of rotatable bonds is 2. The lowest BCUT2D eigenvalue weighted by Gasteiger charge is -2.06. The van der Waals surface area contributed by atoms with E-state index in [9.17, 15) is 14.4 Å². The third-order valence-corrected chi connectivity index (χ3v) is 2.73. The second kappa shape index (κ2) is 4.74. The van der Waals surface area contributed by atoms with Gasteiger partial charge in [0.25, 0.3) is 0 Å². The second-order valence-electron chi connectivity index (χ2n) is 3.61. The average Bonchev–Trinajstić information content (AvgIpc) is 2.37. The molecule has 1 N–H and O–H groups in total. The highest BCUT2D eigenvalue weighted by molar-refractivity contribution is 6.35. The zero-order valence-electron chi connectivity index (χ0n) is 9.60. The van der Waals surface area contributed by atoms with Crippen LogP contribution in [0.2, 0.25) is 5.02 Å². The van der Waals surface area contributed by atoms with Gasteiger partial charge in [0, 0.05) is 11.5 Å².